The van der Waals surface area contributed by atoms with Crippen LogP contribution in [0, 0.1) is 10.1 Å². The predicted octanol–water partition coefficient (Wildman–Crippen LogP) is 3.86. The van der Waals surface area contributed by atoms with E-state index in [0.29, 0.717) is 28.2 Å². The van der Waals surface area contributed by atoms with Crippen molar-refractivity contribution in [3.05, 3.63) is 70.3 Å². The standard InChI is InChI=1S/C21H15N5O5/c1-11(27)22-14-7-5-12(6-8-14)17-10-16(21(28)29)18-19(24-25-20(18)23-17)13-3-2-4-15(9-13)26(30)31/h2-10H,1H3,(H,22,27)(H,28,29)(H,23,24,25). The zero-order chi connectivity index (χ0) is 22.1. The second-order valence-electron chi connectivity index (χ2n) is 6.72. The predicted molar refractivity (Wildman–Crippen MR) is 113 cm³/mol. The van der Waals surface area contributed by atoms with Gasteiger partial charge in [0.1, 0.15) is 0 Å². The molecular weight excluding hydrogens is 402 g/mol. The minimum atomic E-state index is -1.18. The highest BCUT2D eigenvalue weighted by Crippen LogP contribution is 2.33. The number of fused-ring (bicyclic) bond motifs is 1. The number of benzene rings is 2. The highest BCUT2D eigenvalue weighted by atomic mass is 16.6. The van der Waals surface area contributed by atoms with Gasteiger partial charge in [-0.15, -0.1) is 0 Å². The van der Waals surface area contributed by atoms with Crippen molar-refractivity contribution in [2.75, 3.05) is 5.32 Å². The molecule has 0 aliphatic heterocycles. The van der Waals surface area contributed by atoms with Crippen molar-refractivity contribution in [3.63, 3.8) is 0 Å². The summed E-state index contributed by atoms with van der Waals surface area (Å²) in [5.74, 6) is -1.39. The normalized spacial score (nSPS) is 10.7. The molecule has 0 radical (unpaired) electrons. The molecule has 0 spiro atoms. The van der Waals surface area contributed by atoms with Crippen LogP contribution >= 0.6 is 0 Å². The molecule has 0 saturated heterocycles. The SMILES string of the molecule is CC(=O)Nc1ccc(-c2cc(C(=O)O)c3c(-c4cccc([N+](=O)[O-])c4)[nH]nc3n2)cc1. The number of carbonyl (C=O) groups excluding carboxylic acids is 1. The van der Waals surface area contributed by atoms with Gasteiger partial charge in [-0.25, -0.2) is 9.78 Å². The van der Waals surface area contributed by atoms with Gasteiger partial charge >= 0.3 is 5.97 Å². The second kappa shape index (κ2) is 7.67. The number of non-ortho nitro benzene ring substituents is 1. The van der Waals surface area contributed by atoms with E-state index in [2.05, 4.69) is 20.5 Å². The van der Waals surface area contributed by atoms with E-state index in [1.54, 1.807) is 30.3 Å². The number of nitrogens with one attached hydrogen (secondary N) is 2. The fraction of sp³-hybridized carbons (Fsp3) is 0.0476. The Morgan fingerprint density at radius 1 is 1.10 bits per heavy atom. The largest absolute Gasteiger partial charge is 0.478 e. The van der Waals surface area contributed by atoms with E-state index in [9.17, 15) is 24.8 Å². The van der Waals surface area contributed by atoms with Crippen molar-refractivity contribution in [3.8, 4) is 22.5 Å². The molecule has 3 N–H and O–H groups in total. The lowest BCUT2D eigenvalue weighted by atomic mass is 10.0. The maximum Gasteiger partial charge on any atom is 0.336 e. The number of carboxylic acid groups (broad SMARTS) is 1. The van der Waals surface area contributed by atoms with Gasteiger partial charge in [-0.2, -0.15) is 5.10 Å². The van der Waals surface area contributed by atoms with Gasteiger partial charge in [0.05, 0.1) is 27.3 Å². The number of H-pyrrole nitrogens is 1. The highest BCUT2D eigenvalue weighted by molar-refractivity contribution is 6.08. The lowest BCUT2D eigenvalue weighted by molar-refractivity contribution is -0.384. The molecule has 10 heteroatoms. The minimum Gasteiger partial charge on any atom is -0.478 e. The quantitative estimate of drug-likeness (QED) is 0.329. The smallest absolute Gasteiger partial charge is 0.336 e. The van der Waals surface area contributed by atoms with E-state index in [1.165, 1.54) is 31.2 Å². The molecule has 31 heavy (non-hydrogen) atoms. The van der Waals surface area contributed by atoms with Crippen LogP contribution in [0.4, 0.5) is 11.4 Å². The van der Waals surface area contributed by atoms with Crippen LogP contribution in [0.25, 0.3) is 33.5 Å². The summed E-state index contributed by atoms with van der Waals surface area (Å²) < 4.78 is 0. The number of anilines is 1. The Balaban J connectivity index is 1.84. The van der Waals surface area contributed by atoms with Gasteiger partial charge in [0.15, 0.2) is 5.65 Å². The average molecular weight is 417 g/mol. The van der Waals surface area contributed by atoms with Gasteiger partial charge in [0.2, 0.25) is 5.91 Å². The van der Waals surface area contributed by atoms with Gasteiger partial charge in [0, 0.05) is 35.9 Å². The second-order valence-corrected chi connectivity index (χ2v) is 6.72. The van der Waals surface area contributed by atoms with E-state index in [-0.39, 0.29) is 28.2 Å². The Bertz CT molecular complexity index is 1340. The number of nitro benzene ring substituents is 1. The van der Waals surface area contributed by atoms with Crippen LogP contribution in [0.5, 0.6) is 0 Å². The summed E-state index contributed by atoms with van der Waals surface area (Å²) in [6, 6.07) is 14.0. The summed E-state index contributed by atoms with van der Waals surface area (Å²) in [7, 11) is 0. The first-order valence-corrected chi connectivity index (χ1v) is 9.09. The van der Waals surface area contributed by atoms with Crippen LogP contribution in [0.2, 0.25) is 0 Å². The molecule has 2 aromatic carbocycles. The van der Waals surface area contributed by atoms with Crippen molar-refractivity contribution in [2.45, 2.75) is 6.92 Å². The number of hydrogen-bond acceptors (Lipinski definition) is 6. The van der Waals surface area contributed by atoms with Crippen molar-refractivity contribution in [2.24, 2.45) is 0 Å². The first kappa shape index (κ1) is 19.7. The number of aromatic amines is 1. The summed E-state index contributed by atoms with van der Waals surface area (Å²) in [6.45, 7) is 1.40. The molecule has 0 fully saturated rings. The van der Waals surface area contributed by atoms with Crippen LogP contribution < -0.4 is 5.32 Å². The maximum atomic E-state index is 12.0. The third kappa shape index (κ3) is 3.81. The Kier molecular flexibility index (Phi) is 4.88. The molecule has 4 rings (SSSR count). The van der Waals surface area contributed by atoms with Crippen molar-refractivity contribution in [1.29, 1.82) is 0 Å². The van der Waals surface area contributed by atoms with Crippen molar-refractivity contribution < 1.29 is 19.6 Å². The van der Waals surface area contributed by atoms with Crippen molar-refractivity contribution in [1.82, 2.24) is 15.2 Å². The molecule has 4 aromatic rings. The summed E-state index contributed by atoms with van der Waals surface area (Å²) in [5.41, 5.74) is 2.38. The Labute approximate surface area is 174 Å². The van der Waals surface area contributed by atoms with Gasteiger partial charge in [0.25, 0.3) is 5.69 Å². The third-order valence-corrected chi connectivity index (χ3v) is 4.60. The number of aromatic nitrogens is 3. The average Bonchev–Trinajstić information content (AvgIpc) is 3.17. The molecule has 0 unspecified atom stereocenters. The van der Waals surface area contributed by atoms with Gasteiger partial charge in [-0.05, 0) is 18.2 Å². The molecule has 0 bridgehead atoms. The molecule has 1 amide bonds. The van der Waals surface area contributed by atoms with E-state index in [0.717, 1.165) is 0 Å². The minimum absolute atomic E-state index is 0.0406. The number of hydrogen-bond donors (Lipinski definition) is 3. The number of amides is 1. The Hall–Kier alpha value is -4.60. The number of pyridine rings is 1. The van der Waals surface area contributed by atoms with Gasteiger partial charge in [-0.1, -0.05) is 24.3 Å². The van der Waals surface area contributed by atoms with Crippen LogP contribution in [-0.4, -0.2) is 37.1 Å². The van der Waals surface area contributed by atoms with Crippen LogP contribution in [-0.2, 0) is 4.79 Å². The van der Waals surface area contributed by atoms with E-state index < -0.39 is 10.9 Å². The number of nitrogens with zero attached hydrogens (tertiary/aromatic N) is 3. The fourth-order valence-corrected chi connectivity index (χ4v) is 3.25. The number of nitro groups is 1. The first-order chi connectivity index (χ1) is 14.8. The molecule has 2 heterocycles. The highest BCUT2D eigenvalue weighted by Gasteiger charge is 2.21. The van der Waals surface area contributed by atoms with Gasteiger partial charge in [-0.3, -0.25) is 20.0 Å². The zero-order valence-corrected chi connectivity index (χ0v) is 16.1. The monoisotopic (exact) mass is 417 g/mol. The Morgan fingerprint density at radius 2 is 1.84 bits per heavy atom. The summed E-state index contributed by atoms with van der Waals surface area (Å²) in [4.78, 5) is 38.2. The topological polar surface area (TPSA) is 151 Å². The maximum absolute atomic E-state index is 12.0. The number of rotatable bonds is 5. The van der Waals surface area contributed by atoms with Crippen LogP contribution in [0.3, 0.4) is 0 Å². The molecule has 2 aromatic heterocycles. The van der Waals surface area contributed by atoms with Crippen LogP contribution in [0.15, 0.2) is 54.6 Å². The number of carbonyl (C=O) groups is 2. The molecule has 0 aliphatic rings. The van der Waals surface area contributed by atoms with E-state index >= 15 is 0 Å². The van der Waals surface area contributed by atoms with E-state index in [1.807, 2.05) is 0 Å². The molecule has 0 atom stereocenters. The third-order valence-electron chi connectivity index (χ3n) is 4.60. The van der Waals surface area contributed by atoms with Crippen molar-refractivity contribution >= 4 is 34.3 Å². The summed E-state index contributed by atoms with van der Waals surface area (Å²) >= 11 is 0. The fourth-order valence-electron chi connectivity index (χ4n) is 3.25. The Morgan fingerprint density at radius 3 is 2.48 bits per heavy atom. The summed E-state index contributed by atoms with van der Waals surface area (Å²) in [5, 5.41) is 30.7. The molecule has 0 aliphatic carbocycles. The lowest BCUT2D eigenvalue weighted by Crippen LogP contribution is -2.05. The molecule has 10 nitrogen and oxygen atoms in total. The van der Waals surface area contributed by atoms with Crippen LogP contribution in [0.1, 0.15) is 17.3 Å². The number of aromatic carboxylic acids is 1. The number of carboxylic acids is 1. The summed E-state index contributed by atoms with van der Waals surface area (Å²) in [6.07, 6.45) is 0. The first-order valence-electron chi connectivity index (χ1n) is 9.09. The zero-order valence-electron chi connectivity index (χ0n) is 16.1. The molecular formula is C21H15N5O5. The molecule has 0 saturated carbocycles. The molecule has 154 valence electrons. The lowest BCUT2D eigenvalue weighted by Gasteiger charge is -2.07. The van der Waals surface area contributed by atoms with Gasteiger partial charge < -0.3 is 10.4 Å². The van der Waals surface area contributed by atoms with E-state index in [4.69, 9.17) is 0 Å².